The molecule has 1 N–H and O–H groups in total. The Balaban J connectivity index is 1.58. The lowest BCUT2D eigenvalue weighted by Crippen LogP contribution is -2.39. The Morgan fingerprint density at radius 2 is 2.05 bits per heavy atom. The van der Waals surface area contributed by atoms with E-state index < -0.39 is 0 Å². The van der Waals surface area contributed by atoms with Gasteiger partial charge in [0.2, 0.25) is 0 Å². The van der Waals surface area contributed by atoms with Crippen LogP contribution >= 0.6 is 0 Å². The second kappa shape index (κ2) is 6.57. The first-order valence-corrected chi connectivity index (χ1v) is 7.25. The Morgan fingerprint density at radius 1 is 1.23 bits per heavy atom. The average molecular weight is 302 g/mol. The van der Waals surface area contributed by atoms with Gasteiger partial charge in [0.25, 0.3) is 0 Å². The number of benzene rings is 1. The summed E-state index contributed by atoms with van der Waals surface area (Å²) in [7, 11) is 0. The van der Waals surface area contributed by atoms with E-state index in [1.54, 1.807) is 4.90 Å². The zero-order valence-corrected chi connectivity index (χ0v) is 12.2. The number of hydrogen-bond acceptors (Lipinski definition) is 5. The third-order valence-corrected chi connectivity index (χ3v) is 3.63. The predicted octanol–water partition coefficient (Wildman–Crippen LogP) is 0.965. The third kappa shape index (κ3) is 3.09. The summed E-state index contributed by atoms with van der Waals surface area (Å²) in [6.07, 6.45) is 0.132. The quantitative estimate of drug-likeness (QED) is 0.910. The Bertz CT molecular complexity index is 641. The highest BCUT2D eigenvalue weighted by Gasteiger charge is 2.25. The maximum absolute atomic E-state index is 12.1. The Kier molecular flexibility index (Phi) is 4.34. The highest BCUT2D eigenvalue weighted by molar-refractivity contribution is 5.67. The van der Waals surface area contributed by atoms with Crippen molar-refractivity contribution in [3.8, 4) is 0 Å². The second-order valence-corrected chi connectivity index (χ2v) is 5.12. The molecule has 0 unspecified atom stereocenters. The van der Waals surface area contributed by atoms with Crippen LogP contribution in [0.15, 0.2) is 30.3 Å². The summed E-state index contributed by atoms with van der Waals surface area (Å²) in [5.74, 6) is 1.49. The lowest BCUT2D eigenvalue weighted by molar-refractivity contribution is 0.0858. The molecule has 1 aliphatic rings. The summed E-state index contributed by atoms with van der Waals surface area (Å²) in [6.45, 7) is 1.86. The number of nitrogens with zero attached hydrogens (tertiary/aromatic N) is 4. The number of hydrogen-bond donors (Lipinski definition) is 1. The minimum absolute atomic E-state index is 0.0426. The number of carbonyl (C=O) groups excluding carboxylic acids is 1. The van der Waals surface area contributed by atoms with Gasteiger partial charge in [0, 0.05) is 19.5 Å². The molecule has 2 aromatic rings. The van der Waals surface area contributed by atoms with Gasteiger partial charge in [-0.2, -0.15) is 0 Å². The van der Waals surface area contributed by atoms with Gasteiger partial charge in [0.1, 0.15) is 12.4 Å². The second-order valence-electron chi connectivity index (χ2n) is 5.12. The monoisotopic (exact) mass is 302 g/mol. The van der Waals surface area contributed by atoms with Crippen LogP contribution in [-0.2, 0) is 30.9 Å². The molecule has 0 spiro atoms. The first-order chi connectivity index (χ1) is 10.8. The Hall–Kier alpha value is -2.41. The molecule has 1 aromatic heterocycles. The van der Waals surface area contributed by atoms with Crippen LogP contribution in [0.25, 0.3) is 0 Å². The number of fused-ring (bicyclic) bond motifs is 1. The van der Waals surface area contributed by atoms with Gasteiger partial charge < -0.3 is 14.4 Å². The van der Waals surface area contributed by atoms with Crippen molar-refractivity contribution in [1.29, 1.82) is 0 Å². The third-order valence-electron chi connectivity index (χ3n) is 3.63. The highest BCUT2D eigenvalue weighted by Crippen LogP contribution is 2.14. The topological polar surface area (TPSA) is 80.5 Å². The molecule has 3 rings (SSSR count). The number of amides is 1. The standard InChI is InChI=1S/C15H18N4O3/c20-9-6-13-16-17-14-10-18(7-8-19(13)14)15(21)22-11-12-4-2-1-3-5-12/h1-5,20H,6-11H2. The number of aromatic nitrogens is 3. The molecule has 1 aromatic carbocycles. The zero-order chi connectivity index (χ0) is 15.4. The smallest absolute Gasteiger partial charge is 0.410 e. The fourth-order valence-corrected chi connectivity index (χ4v) is 2.47. The van der Waals surface area contributed by atoms with Crippen molar-refractivity contribution in [2.75, 3.05) is 13.2 Å². The summed E-state index contributed by atoms with van der Waals surface area (Å²) < 4.78 is 7.28. The van der Waals surface area contributed by atoms with Crippen molar-refractivity contribution in [2.45, 2.75) is 26.1 Å². The van der Waals surface area contributed by atoms with Crippen molar-refractivity contribution >= 4 is 6.09 Å². The molecule has 0 atom stereocenters. The van der Waals surface area contributed by atoms with Gasteiger partial charge in [-0.05, 0) is 5.56 Å². The van der Waals surface area contributed by atoms with E-state index in [1.165, 1.54) is 0 Å². The van der Waals surface area contributed by atoms with Gasteiger partial charge in [-0.3, -0.25) is 4.90 Å². The van der Waals surface area contributed by atoms with Crippen molar-refractivity contribution in [2.24, 2.45) is 0 Å². The summed E-state index contributed by atoms with van der Waals surface area (Å²) >= 11 is 0. The summed E-state index contributed by atoms with van der Waals surface area (Å²) in [4.78, 5) is 13.7. The number of rotatable bonds is 4. The summed E-state index contributed by atoms with van der Waals surface area (Å²) in [5.41, 5.74) is 0.959. The lowest BCUT2D eigenvalue weighted by atomic mass is 10.2. The molecule has 0 saturated carbocycles. The molecule has 2 heterocycles. The molecule has 1 amide bonds. The van der Waals surface area contributed by atoms with E-state index in [1.807, 2.05) is 34.9 Å². The van der Waals surface area contributed by atoms with Crippen LogP contribution in [0.3, 0.4) is 0 Å². The molecular weight excluding hydrogens is 284 g/mol. The summed E-state index contributed by atoms with van der Waals surface area (Å²) in [5, 5.41) is 17.1. The van der Waals surface area contributed by atoms with E-state index in [4.69, 9.17) is 9.84 Å². The van der Waals surface area contributed by atoms with Crippen molar-refractivity contribution in [1.82, 2.24) is 19.7 Å². The Morgan fingerprint density at radius 3 is 2.82 bits per heavy atom. The predicted molar refractivity (Wildman–Crippen MR) is 77.8 cm³/mol. The van der Waals surface area contributed by atoms with Gasteiger partial charge in [0.05, 0.1) is 13.2 Å². The molecule has 0 radical (unpaired) electrons. The van der Waals surface area contributed by atoms with Gasteiger partial charge in [-0.15, -0.1) is 10.2 Å². The van der Waals surface area contributed by atoms with Crippen LogP contribution < -0.4 is 0 Å². The van der Waals surface area contributed by atoms with Gasteiger partial charge >= 0.3 is 6.09 Å². The fraction of sp³-hybridized carbons (Fsp3) is 0.400. The number of aliphatic hydroxyl groups excluding tert-OH is 1. The van der Waals surface area contributed by atoms with E-state index in [-0.39, 0.29) is 19.3 Å². The molecule has 0 bridgehead atoms. The highest BCUT2D eigenvalue weighted by atomic mass is 16.6. The molecule has 0 saturated heterocycles. The van der Waals surface area contributed by atoms with Crippen molar-refractivity contribution < 1.29 is 14.6 Å². The summed E-state index contributed by atoms with van der Waals surface area (Å²) in [6, 6.07) is 9.58. The molecule has 1 aliphatic heterocycles. The molecular formula is C15H18N4O3. The van der Waals surface area contributed by atoms with E-state index in [9.17, 15) is 4.79 Å². The number of carbonyl (C=O) groups is 1. The first-order valence-electron chi connectivity index (χ1n) is 7.25. The van der Waals surface area contributed by atoms with E-state index in [0.29, 0.717) is 26.1 Å². The lowest BCUT2D eigenvalue weighted by Gasteiger charge is -2.27. The molecule has 7 nitrogen and oxygen atoms in total. The van der Waals surface area contributed by atoms with Crippen molar-refractivity contribution in [3.05, 3.63) is 47.5 Å². The maximum Gasteiger partial charge on any atom is 0.410 e. The van der Waals surface area contributed by atoms with Gasteiger partial charge in [-0.25, -0.2) is 4.79 Å². The number of aliphatic hydroxyl groups is 1. The van der Waals surface area contributed by atoms with Gasteiger partial charge in [0.15, 0.2) is 5.82 Å². The SMILES string of the molecule is O=C(OCc1ccccc1)N1CCn2c(CCO)nnc2C1. The fourth-order valence-electron chi connectivity index (χ4n) is 2.47. The van der Waals surface area contributed by atoms with E-state index in [2.05, 4.69) is 10.2 Å². The van der Waals surface area contributed by atoms with Crippen molar-refractivity contribution in [3.63, 3.8) is 0 Å². The van der Waals surface area contributed by atoms with Gasteiger partial charge in [-0.1, -0.05) is 30.3 Å². The molecule has 0 aliphatic carbocycles. The molecule has 7 heteroatoms. The van der Waals surface area contributed by atoms with Crippen LogP contribution in [0, 0.1) is 0 Å². The minimum Gasteiger partial charge on any atom is -0.445 e. The molecule has 0 fully saturated rings. The minimum atomic E-state index is -0.346. The van der Waals surface area contributed by atoms with Crippen LogP contribution in [0.5, 0.6) is 0 Å². The number of ether oxygens (including phenoxy) is 1. The first kappa shape index (κ1) is 14.5. The normalized spacial score (nSPS) is 13.8. The maximum atomic E-state index is 12.1. The zero-order valence-electron chi connectivity index (χ0n) is 12.2. The van der Waals surface area contributed by atoms with Crippen LogP contribution in [0.2, 0.25) is 0 Å². The largest absolute Gasteiger partial charge is 0.445 e. The average Bonchev–Trinajstić information content (AvgIpc) is 2.96. The molecule has 116 valence electrons. The Labute approximate surface area is 128 Å². The van der Waals surface area contributed by atoms with E-state index >= 15 is 0 Å². The van der Waals surface area contributed by atoms with Crippen LogP contribution in [0.4, 0.5) is 4.79 Å². The molecule has 22 heavy (non-hydrogen) atoms. The van der Waals surface area contributed by atoms with Crippen LogP contribution in [0.1, 0.15) is 17.2 Å². The van der Waals surface area contributed by atoms with E-state index in [0.717, 1.165) is 17.2 Å². The van der Waals surface area contributed by atoms with Crippen LogP contribution in [-0.4, -0.2) is 44.0 Å².